The number of carbonyl (C=O) groups is 1. The molecule has 6 nitrogen and oxygen atoms in total. The Morgan fingerprint density at radius 2 is 1.69 bits per heavy atom. The van der Waals surface area contributed by atoms with Gasteiger partial charge in [0.15, 0.2) is 0 Å². The smallest absolute Gasteiger partial charge is 0.221 e. The summed E-state index contributed by atoms with van der Waals surface area (Å²) in [5.74, 6) is 0.593. The van der Waals surface area contributed by atoms with E-state index >= 15 is 0 Å². The lowest BCUT2D eigenvalue weighted by atomic mass is 9.90. The Kier molecular flexibility index (Phi) is 9.14. The second kappa shape index (κ2) is 12.9. The molecule has 0 fully saturated rings. The molecule has 4 aromatic rings. The molecular formula is C29H31ClN4O2. The molecule has 1 aromatic heterocycles. The zero-order valence-corrected chi connectivity index (χ0v) is 20.9. The average Bonchev–Trinajstić information content (AvgIpc) is 3.29. The van der Waals surface area contributed by atoms with Crippen molar-refractivity contribution in [3.05, 3.63) is 119 Å². The van der Waals surface area contributed by atoms with Crippen LogP contribution in [0, 0.1) is 0 Å². The number of nitrogens with one attached hydrogen (secondary N) is 1. The number of nitrogens with zero attached hydrogens (tertiary/aromatic N) is 2. The number of amides is 1. The normalized spacial score (nSPS) is 11.2. The third-order valence-corrected chi connectivity index (χ3v) is 6.38. The van der Waals surface area contributed by atoms with Gasteiger partial charge in [0, 0.05) is 25.6 Å². The quantitative estimate of drug-likeness (QED) is 0.246. The van der Waals surface area contributed by atoms with Crippen molar-refractivity contribution in [3.8, 4) is 5.75 Å². The molecule has 3 aromatic carbocycles. The third-order valence-electron chi connectivity index (χ3n) is 6.06. The van der Waals surface area contributed by atoms with E-state index in [1.165, 1.54) is 11.1 Å². The van der Waals surface area contributed by atoms with Crippen LogP contribution in [0.4, 0.5) is 0 Å². The minimum absolute atomic E-state index is 0.205. The molecule has 0 spiro atoms. The van der Waals surface area contributed by atoms with Crippen LogP contribution in [-0.2, 0) is 17.8 Å². The second-order valence-electron chi connectivity index (χ2n) is 8.80. The van der Waals surface area contributed by atoms with Gasteiger partial charge >= 0.3 is 0 Å². The van der Waals surface area contributed by atoms with Crippen molar-refractivity contribution in [2.24, 2.45) is 5.73 Å². The molecule has 0 bridgehead atoms. The number of ether oxygens (including phenoxy) is 1. The minimum atomic E-state index is -0.355. The van der Waals surface area contributed by atoms with Crippen molar-refractivity contribution in [2.75, 3.05) is 19.7 Å². The van der Waals surface area contributed by atoms with Crippen LogP contribution in [0.3, 0.4) is 0 Å². The van der Waals surface area contributed by atoms with Gasteiger partial charge in [-0.1, -0.05) is 84.4 Å². The molecule has 0 saturated carbocycles. The average molecular weight is 503 g/mol. The Morgan fingerprint density at radius 1 is 1.00 bits per heavy atom. The van der Waals surface area contributed by atoms with Gasteiger partial charge in [0.05, 0.1) is 29.9 Å². The third kappa shape index (κ3) is 7.44. The summed E-state index contributed by atoms with van der Waals surface area (Å²) in [6.07, 6.45) is 2.67. The standard InChI is InChI=1S/C29H31ClN4O2/c30-27-19-32-33-28(27)21-34(15-8-16-36-25-14-7-9-22(17-25)18-29(31)35)20-26(23-10-3-1-4-11-23)24-12-5-2-6-13-24/h1-7,9-14,17,19,26H,8,15-16,18,20-21H2,(H2,31,35)(H,32,33). The Hall–Kier alpha value is -3.61. The number of nitrogens with two attached hydrogens (primary N) is 1. The van der Waals surface area contributed by atoms with Gasteiger partial charge in [-0.15, -0.1) is 0 Å². The fourth-order valence-corrected chi connectivity index (χ4v) is 4.48. The van der Waals surface area contributed by atoms with E-state index in [1.807, 2.05) is 36.4 Å². The predicted molar refractivity (Wildman–Crippen MR) is 143 cm³/mol. The summed E-state index contributed by atoms with van der Waals surface area (Å²) < 4.78 is 5.99. The van der Waals surface area contributed by atoms with Gasteiger partial charge in [0.25, 0.3) is 0 Å². The van der Waals surface area contributed by atoms with Crippen molar-refractivity contribution in [1.29, 1.82) is 0 Å². The largest absolute Gasteiger partial charge is 0.494 e. The van der Waals surface area contributed by atoms with Crippen LogP contribution in [0.1, 0.15) is 34.7 Å². The maximum atomic E-state index is 11.2. The summed E-state index contributed by atoms with van der Waals surface area (Å²) in [6, 6.07) is 28.7. The van der Waals surface area contributed by atoms with Crippen LogP contribution in [0.25, 0.3) is 0 Å². The van der Waals surface area contributed by atoms with Crippen molar-refractivity contribution in [1.82, 2.24) is 15.1 Å². The maximum Gasteiger partial charge on any atom is 0.221 e. The number of aromatic amines is 1. The number of hydrogen-bond acceptors (Lipinski definition) is 4. The van der Waals surface area contributed by atoms with E-state index in [4.69, 9.17) is 22.1 Å². The first-order valence-corrected chi connectivity index (χ1v) is 12.5. The van der Waals surface area contributed by atoms with Crippen LogP contribution in [-0.4, -0.2) is 40.7 Å². The van der Waals surface area contributed by atoms with E-state index in [2.05, 4.69) is 63.6 Å². The predicted octanol–water partition coefficient (Wildman–Crippen LogP) is 5.19. The molecule has 36 heavy (non-hydrogen) atoms. The zero-order chi connectivity index (χ0) is 25.2. The number of carbonyl (C=O) groups excluding carboxylic acids is 1. The van der Waals surface area contributed by atoms with Gasteiger partial charge in [-0.3, -0.25) is 14.8 Å². The highest BCUT2D eigenvalue weighted by molar-refractivity contribution is 6.31. The van der Waals surface area contributed by atoms with Gasteiger partial charge in [-0.05, 0) is 35.2 Å². The zero-order valence-electron chi connectivity index (χ0n) is 20.1. The summed E-state index contributed by atoms with van der Waals surface area (Å²) >= 11 is 6.37. The number of rotatable bonds is 13. The monoisotopic (exact) mass is 502 g/mol. The lowest BCUT2D eigenvalue weighted by molar-refractivity contribution is -0.117. The Labute approximate surface area is 217 Å². The molecule has 0 saturated heterocycles. The van der Waals surface area contributed by atoms with E-state index in [0.29, 0.717) is 18.2 Å². The molecule has 0 aliphatic carbocycles. The van der Waals surface area contributed by atoms with Gasteiger partial charge < -0.3 is 10.5 Å². The highest BCUT2D eigenvalue weighted by atomic mass is 35.5. The fraction of sp³-hybridized carbons (Fsp3) is 0.241. The van der Waals surface area contributed by atoms with Crippen LogP contribution >= 0.6 is 11.6 Å². The number of H-pyrrole nitrogens is 1. The van der Waals surface area contributed by atoms with E-state index in [-0.39, 0.29) is 18.2 Å². The van der Waals surface area contributed by atoms with E-state index in [9.17, 15) is 4.79 Å². The summed E-state index contributed by atoms with van der Waals surface area (Å²) in [7, 11) is 0. The molecule has 1 amide bonds. The fourth-order valence-electron chi connectivity index (χ4n) is 4.32. The van der Waals surface area contributed by atoms with Crippen LogP contribution in [0.5, 0.6) is 5.75 Å². The van der Waals surface area contributed by atoms with Gasteiger partial charge in [-0.25, -0.2) is 0 Å². The number of primary amides is 1. The molecule has 3 N–H and O–H groups in total. The molecule has 0 aliphatic heterocycles. The molecule has 186 valence electrons. The number of benzene rings is 3. The molecule has 7 heteroatoms. The first-order chi connectivity index (χ1) is 17.6. The molecule has 0 aliphatic rings. The van der Waals surface area contributed by atoms with Crippen molar-refractivity contribution < 1.29 is 9.53 Å². The van der Waals surface area contributed by atoms with Crippen LogP contribution in [0.2, 0.25) is 5.02 Å². The first-order valence-electron chi connectivity index (χ1n) is 12.1. The van der Waals surface area contributed by atoms with E-state index < -0.39 is 0 Å². The summed E-state index contributed by atoms with van der Waals surface area (Å²) in [4.78, 5) is 13.6. The lowest BCUT2D eigenvalue weighted by Gasteiger charge is -2.28. The van der Waals surface area contributed by atoms with Crippen molar-refractivity contribution in [3.63, 3.8) is 0 Å². The molecular weight excluding hydrogens is 472 g/mol. The topological polar surface area (TPSA) is 84.2 Å². The Balaban J connectivity index is 1.45. The van der Waals surface area contributed by atoms with Gasteiger partial charge in [0.1, 0.15) is 5.75 Å². The lowest BCUT2D eigenvalue weighted by Crippen LogP contribution is -2.31. The molecule has 1 heterocycles. The molecule has 4 rings (SSSR count). The van der Waals surface area contributed by atoms with Gasteiger partial charge in [-0.2, -0.15) is 5.10 Å². The SMILES string of the molecule is NC(=O)Cc1cccc(OCCCN(Cc2[nH]ncc2Cl)CC(c2ccccc2)c2ccccc2)c1. The molecule has 0 unspecified atom stereocenters. The van der Waals surface area contributed by atoms with E-state index in [0.717, 1.165) is 36.5 Å². The Morgan fingerprint density at radius 3 is 2.31 bits per heavy atom. The summed E-state index contributed by atoms with van der Waals surface area (Å²) in [6.45, 7) is 2.83. The minimum Gasteiger partial charge on any atom is -0.494 e. The number of hydrogen-bond donors (Lipinski definition) is 2. The van der Waals surface area contributed by atoms with Crippen molar-refractivity contribution >= 4 is 17.5 Å². The maximum absolute atomic E-state index is 11.2. The van der Waals surface area contributed by atoms with E-state index in [1.54, 1.807) is 6.20 Å². The number of aromatic nitrogens is 2. The molecule has 0 radical (unpaired) electrons. The highest BCUT2D eigenvalue weighted by Crippen LogP contribution is 2.27. The second-order valence-corrected chi connectivity index (χ2v) is 9.21. The Bertz CT molecular complexity index is 1190. The number of halogens is 1. The van der Waals surface area contributed by atoms with Crippen LogP contribution < -0.4 is 10.5 Å². The highest BCUT2D eigenvalue weighted by Gasteiger charge is 2.20. The summed E-state index contributed by atoms with van der Waals surface area (Å²) in [5.41, 5.74) is 9.61. The summed E-state index contributed by atoms with van der Waals surface area (Å²) in [5, 5.41) is 7.77. The van der Waals surface area contributed by atoms with Crippen molar-refractivity contribution in [2.45, 2.75) is 25.3 Å². The first kappa shape index (κ1) is 25.5. The molecule has 0 atom stereocenters. The van der Waals surface area contributed by atoms with Gasteiger partial charge in [0.2, 0.25) is 5.91 Å². The van der Waals surface area contributed by atoms with Crippen LogP contribution in [0.15, 0.2) is 91.1 Å².